The standard InChI is InChI=1S/C24H29N5O3S/c1-4-32-22-10-8-19(18(2)3)17-23(22)33(30,31)29-15-13-28(14-16-29)24-11-9-21(26-27-24)20-7-5-6-12-25-20/h5-12,17-18H,4,13-16H2,1-3H3. The van der Waals surface area contributed by atoms with Crippen molar-refractivity contribution in [2.45, 2.75) is 31.6 Å². The number of sulfonamides is 1. The highest BCUT2D eigenvalue weighted by Crippen LogP contribution is 2.31. The third-order valence-electron chi connectivity index (χ3n) is 5.69. The van der Waals surface area contributed by atoms with Crippen molar-refractivity contribution < 1.29 is 13.2 Å². The van der Waals surface area contributed by atoms with Crippen molar-refractivity contribution in [3.8, 4) is 17.1 Å². The molecule has 0 aliphatic carbocycles. The highest BCUT2D eigenvalue weighted by molar-refractivity contribution is 7.89. The number of ether oxygens (including phenoxy) is 1. The van der Waals surface area contributed by atoms with Gasteiger partial charge in [0.15, 0.2) is 5.82 Å². The number of benzene rings is 1. The lowest BCUT2D eigenvalue weighted by molar-refractivity contribution is 0.327. The van der Waals surface area contributed by atoms with E-state index in [0.29, 0.717) is 44.2 Å². The number of anilines is 1. The zero-order valence-electron chi connectivity index (χ0n) is 19.2. The number of nitrogens with zero attached hydrogens (tertiary/aromatic N) is 5. The van der Waals surface area contributed by atoms with Crippen LogP contribution < -0.4 is 9.64 Å². The van der Waals surface area contributed by atoms with E-state index in [0.717, 1.165) is 17.1 Å². The largest absolute Gasteiger partial charge is 0.492 e. The maximum absolute atomic E-state index is 13.5. The molecular formula is C24H29N5O3S. The SMILES string of the molecule is CCOc1ccc(C(C)C)cc1S(=O)(=O)N1CCN(c2ccc(-c3ccccn3)nn2)CC1. The highest BCUT2D eigenvalue weighted by Gasteiger charge is 2.32. The minimum atomic E-state index is -3.68. The number of hydrogen-bond donors (Lipinski definition) is 0. The molecule has 0 saturated carbocycles. The number of piperazine rings is 1. The fourth-order valence-corrected chi connectivity index (χ4v) is 5.39. The van der Waals surface area contributed by atoms with Gasteiger partial charge >= 0.3 is 0 Å². The van der Waals surface area contributed by atoms with Crippen molar-refractivity contribution in [1.82, 2.24) is 19.5 Å². The van der Waals surface area contributed by atoms with E-state index < -0.39 is 10.0 Å². The van der Waals surface area contributed by atoms with E-state index in [1.807, 2.05) is 57.2 Å². The topological polar surface area (TPSA) is 88.5 Å². The lowest BCUT2D eigenvalue weighted by Gasteiger charge is -2.34. The summed E-state index contributed by atoms with van der Waals surface area (Å²) in [7, 11) is -3.68. The second-order valence-corrected chi connectivity index (χ2v) is 10.1. The first-order chi connectivity index (χ1) is 15.9. The number of rotatable bonds is 7. The van der Waals surface area contributed by atoms with Gasteiger partial charge in [0.25, 0.3) is 0 Å². The minimum Gasteiger partial charge on any atom is -0.492 e. The zero-order chi connectivity index (χ0) is 23.4. The summed E-state index contributed by atoms with van der Waals surface area (Å²) >= 11 is 0. The number of pyridine rings is 1. The van der Waals surface area contributed by atoms with Crippen LogP contribution in [-0.4, -0.2) is 60.7 Å². The van der Waals surface area contributed by atoms with Gasteiger partial charge in [-0.15, -0.1) is 10.2 Å². The molecule has 174 valence electrons. The van der Waals surface area contributed by atoms with E-state index >= 15 is 0 Å². The maximum atomic E-state index is 13.5. The molecule has 0 atom stereocenters. The first-order valence-corrected chi connectivity index (χ1v) is 12.6. The Hall–Kier alpha value is -3.04. The summed E-state index contributed by atoms with van der Waals surface area (Å²) in [5.74, 6) is 1.35. The molecule has 0 N–H and O–H groups in total. The third kappa shape index (κ3) is 4.99. The van der Waals surface area contributed by atoms with Crippen molar-refractivity contribution in [3.63, 3.8) is 0 Å². The second kappa shape index (κ2) is 9.84. The Balaban J connectivity index is 1.49. The van der Waals surface area contributed by atoms with Crippen LogP contribution in [0.3, 0.4) is 0 Å². The average molecular weight is 468 g/mol. The van der Waals surface area contributed by atoms with Gasteiger partial charge in [0.1, 0.15) is 16.3 Å². The summed E-state index contributed by atoms with van der Waals surface area (Å²) in [4.78, 5) is 6.58. The maximum Gasteiger partial charge on any atom is 0.246 e. The molecule has 8 nitrogen and oxygen atoms in total. The summed E-state index contributed by atoms with van der Waals surface area (Å²) in [6, 6.07) is 14.9. The summed E-state index contributed by atoms with van der Waals surface area (Å²) in [5, 5.41) is 8.64. The Labute approximate surface area is 195 Å². The second-order valence-electron chi connectivity index (χ2n) is 8.18. The van der Waals surface area contributed by atoms with Gasteiger partial charge in [-0.25, -0.2) is 8.42 Å². The lowest BCUT2D eigenvalue weighted by Crippen LogP contribution is -2.49. The van der Waals surface area contributed by atoms with Gasteiger partial charge in [-0.05, 0) is 54.8 Å². The molecule has 3 heterocycles. The first kappa shape index (κ1) is 23.1. The Morgan fingerprint density at radius 3 is 2.36 bits per heavy atom. The fourth-order valence-electron chi connectivity index (χ4n) is 3.80. The lowest BCUT2D eigenvalue weighted by atomic mass is 10.0. The van der Waals surface area contributed by atoms with Crippen LogP contribution in [0.4, 0.5) is 5.82 Å². The molecule has 1 aliphatic heterocycles. The van der Waals surface area contributed by atoms with E-state index in [-0.39, 0.29) is 10.8 Å². The Kier molecular flexibility index (Phi) is 6.90. The quantitative estimate of drug-likeness (QED) is 0.525. The van der Waals surface area contributed by atoms with E-state index in [1.165, 1.54) is 4.31 Å². The van der Waals surface area contributed by atoms with Crippen LogP contribution in [0.1, 0.15) is 32.3 Å². The molecule has 0 unspecified atom stereocenters. The van der Waals surface area contributed by atoms with Gasteiger partial charge in [0.2, 0.25) is 10.0 Å². The molecule has 0 spiro atoms. The van der Waals surface area contributed by atoms with Gasteiger partial charge in [-0.1, -0.05) is 26.0 Å². The average Bonchev–Trinajstić information content (AvgIpc) is 2.85. The van der Waals surface area contributed by atoms with E-state index in [9.17, 15) is 8.42 Å². The van der Waals surface area contributed by atoms with E-state index in [2.05, 4.69) is 20.1 Å². The molecule has 2 aromatic heterocycles. The normalized spacial score (nSPS) is 15.1. The molecule has 0 radical (unpaired) electrons. The third-order valence-corrected chi connectivity index (χ3v) is 7.61. The van der Waals surface area contributed by atoms with Crippen LogP contribution in [0.5, 0.6) is 5.75 Å². The van der Waals surface area contributed by atoms with Crippen LogP contribution in [0.25, 0.3) is 11.4 Å². The summed E-state index contributed by atoms with van der Waals surface area (Å²) in [6.07, 6.45) is 1.72. The van der Waals surface area contributed by atoms with Crippen LogP contribution in [-0.2, 0) is 10.0 Å². The molecule has 9 heteroatoms. The van der Waals surface area contributed by atoms with Crippen molar-refractivity contribution in [3.05, 3.63) is 60.3 Å². The van der Waals surface area contributed by atoms with Gasteiger partial charge in [-0.2, -0.15) is 4.31 Å². The molecule has 33 heavy (non-hydrogen) atoms. The fraction of sp³-hybridized carbons (Fsp3) is 0.375. The highest BCUT2D eigenvalue weighted by atomic mass is 32.2. The zero-order valence-corrected chi connectivity index (χ0v) is 20.0. The van der Waals surface area contributed by atoms with Gasteiger partial charge in [-0.3, -0.25) is 4.98 Å². The van der Waals surface area contributed by atoms with Crippen LogP contribution in [0.15, 0.2) is 59.6 Å². The molecule has 1 saturated heterocycles. The van der Waals surface area contributed by atoms with Crippen LogP contribution >= 0.6 is 0 Å². The summed E-state index contributed by atoms with van der Waals surface area (Å²) < 4.78 is 34.2. The van der Waals surface area contributed by atoms with Gasteiger partial charge in [0, 0.05) is 32.4 Å². The smallest absolute Gasteiger partial charge is 0.246 e. The molecular weight excluding hydrogens is 438 g/mol. The minimum absolute atomic E-state index is 0.221. The van der Waals surface area contributed by atoms with Crippen molar-refractivity contribution in [2.24, 2.45) is 0 Å². The summed E-state index contributed by atoms with van der Waals surface area (Å²) in [6.45, 7) is 8.15. The van der Waals surface area contributed by atoms with E-state index in [4.69, 9.17) is 4.74 Å². The van der Waals surface area contributed by atoms with Crippen LogP contribution in [0.2, 0.25) is 0 Å². The van der Waals surface area contributed by atoms with Crippen molar-refractivity contribution >= 4 is 15.8 Å². The van der Waals surface area contributed by atoms with Crippen molar-refractivity contribution in [1.29, 1.82) is 0 Å². The van der Waals surface area contributed by atoms with Crippen molar-refractivity contribution in [2.75, 3.05) is 37.7 Å². The molecule has 1 aliphatic rings. The predicted octanol–water partition coefficient (Wildman–Crippen LogP) is 3.57. The van der Waals surface area contributed by atoms with Gasteiger partial charge in [0.05, 0.1) is 12.3 Å². The summed E-state index contributed by atoms with van der Waals surface area (Å²) in [5.41, 5.74) is 2.44. The predicted molar refractivity (Wildman–Crippen MR) is 128 cm³/mol. The van der Waals surface area contributed by atoms with Crippen LogP contribution in [0, 0.1) is 0 Å². The monoisotopic (exact) mass is 467 g/mol. The Morgan fingerprint density at radius 2 is 1.76 bits per heavy atom. The molecule has 1 fully saturated rings. The molecule has 3 aromatic rings. The molecule has 1 aromatic carbocycles. The van der Waals surface area contributed by atoms with Gasteiger partial charge < -0.3 is 9.64 Å². The Morgan fingerprint density at radius 1 is 0.970 bits per heavy atom. The van der Waals surface area contributed by atoms with E-state index in [1.54, 1.807) is 18.3 Å². The molecule has 0 amide bonds. The molecule has 0 bridgehead atoms. The Bertz CT molecular complexity index is 1180. The number of aromatic nitrogens is 3. The number of hydrogen-bond acceptors (Lipinski definition) is 7. The first-order valence-electron chi connectivity index (χ1n) is 11.2. The molecule has 4 rings (SSSR count).